The second-order valence-electron chi connectivity index (χ2n) is 11.4. The van der Waals surface area contributed by atoms with Crippen LogP contribution in [0, 0.1) is 46.3 Å². The summed E-state index contributed by atoms with van der Waals surface area (Å²) in [6.07, 6.45) is 9.75. The van der Waals surface area contributed by atoms with E-state index >= 15 is 0 Å². The molecule has 0 saturated heterocycles. The van der Waals surface area contributed by atoms with Gasteiger partial charge < -0.3 is 15.9 Å². The van der Waals surface area contributed by atoms with Crippen LogP contribution in [0.1, 0.15) is 85.0 Å². The first-order valence-corrected chi connectivity index (χ1v) is 11.8. The largest absolute Gasteiger partial charge is 0.393 e. The second kappa shape index (κ2) is 7.27. The molecule has 0 aromatic heterocycles. The molecule has 4 fully saturated rings. The molecule has 10 atom stereocenters. The first-order chi connectivity index (χ1) is 13.2. The van der Waals surface area contributed by atoms with Crippen molar-refractivity contribution in [2.75, 3.05) is 0 Å². The highest BCUT2D eigenvalue weighted by Gasteiger charge is 2.62. The third kappa shape index (κ3) is 3.14. The van der Waals surface area contributed by atoms with Crippen molar-refractivity contribution < 1.29 is 15.0 Å². The highest BCUT2D eigenvalue weighted by atomic mass is 16.3. The van der Waals surface area contributed by atoms with Gasteiger partial charge in [-0.1, -0.05) is 20.8 Å². The van der Waals surface area contributed by atoms with Gasteiger partial charge in [0.15, 0.2) is 0 Å². The summed E-state index contributed by atoms with van der Waals surface area (Å²) < 4.78 is 0. The van der Waals surface area contributed by atoms with Crippen molar-refractivity contribution in [2.45, 2.75) is 97.2 Å². The quantitative estimate of drug-likeness (QED) is 0.680. The molecule has 0 unspecified atom stereocenters. The first-order valence-electron chi connectivity index (χ1n) is 11.8. The lowest BCUT2D eigenvalue weighted by molar-refractivity contribution is -0.174. The molecule has 0 aromatic rings. The predicted molar refractivity (Wildman–Crippen MR) is 110 cm³/mol. The Bertz CT molecular complexity index is 609. The molecule has 160 valence electrons. The van der Waals surface area contributed by atoms with Crippen molar-refractivity contribution in [2.24, 2.45) is 52.1 Å². The number of aliphatic hydroxyl groups excluding tert-OH is 2. The SMILES string of the molecule is C[C@H](CCC(N)=O)[C@H]1CC[C@H]2[C@@H]3[C@@H](O)C[C@@H]4C[C@H](O)CC[C@]4(C)[C@H]3CC[C@]12C. The smallest absolute Gasteiger partial charge is 0.217 e. The van der Waals surface area contributed by atoms with E-state index in [1.165, 1.54) is 25.7 Å². The molecule has 4 rings (SSSR count). The van der Waals surface area contributed by atoms with Crippen molar-refractivity contribution in [1.82, 2.24) is 0 Å². The zero-order valence-electron chi connectivity index (χ0n) is 18.1. The summed E-state index contributed by atoms with van der Waals surface area (Å²) in [4.78, 5) is 11.3. The van der Waals surface area contributed by atoms with Crippen LogP contribution in [0.25, 0.3) is 0 Å². The average molecular weight is 392 g/mol. The molecule has 4 heteroatoms. The second-order valence-corrected chi connectivity index (χ2v) is 11.4. The minimum Gasteiger partial charge on any atom is -0.393 e. The molecule has 0 spiro atoms. The van der Waals surface area contributed by atoms with E-state index in [0.717, 1.165) is 32.1 Å². The summed E-state index contributed by atoms with van der Waals surface area (Å²) in [5.41, 5.74) is 5.99. The van der Waals surface area contributed by atoms with Crippen LogP contribution in [0.4, 0.5) is 0 Å². The van der Waals surface area contributed by atoms with Crippen LogP contribution in [0.5, 0.6) is 0 Å². The summed E-state index contributed by atoms with van der Waals surface area (Å²) in [5.74, 6) is 3.08. The van der Waals surface area contributed by atoms with Gasteiger partial charge in [-0.05, 0) is 104 Å². The summed E-state index contributed by atoms with van der Waals surface area (Å²) in [7, 11) is 0. The Hall–Kier alpha value is -0.610. The van der Waals surface area contributed by atoms with Gasteiger partial charge in [-0.3, -0.25) is 4.79 Å². The van der Waals surface area contributed by atoms with E-state index in [1.807, 2.05) is 0 Å². The van der Waals surface area contributed by atoms with Gasteiger partial charge >= 0.3 is 0 Å². The van der Waals surface area contributed by atoms with Gasteiger partial charge in [0.25, 0.3) is 0 Å². The predicted octanol–water partition coefficient (Wildman–Crippen LogP) is 3.88. The number of amides is 1. The maximum atomic E-state index is 11.3. The molecule has 4 aliphatic rings. The Labute approximate surface area is 170 Å². The van der Waals surface area contributed by atoms with Gasteiger partial charge in [-0.2, -0.15) is 0 Å². The van der Waals surface area contributed by atoms with Gasteiger partial charge in [0, 0.05) is 6.42 Å². The van der Waals surface area contributed by atoms with Crippen LogP contribution in [-0.4, -0.2) is 28.3 Å². The fraction of sp³-hybridized carbons (Fsp3) is 0.958. The minimum atomic E-state index is -0.210. The Morgan fingerprint density at radius 1 is 1.04 bits per heavy atom. The highest BCUT2D eigenvalue weighted by Crippen LogP contribution is 2.68. The Morgan fingerprint density at radius 3 is 2.43 bits per heavy atom. The molecule has 0 radical (unpaired) electrons. The number of hydrogen-bond donors (Lipinski definition) is 3. The molecule has 1 amide bonds. The zero-order chi connectivity index (χ0) is 20.3. The molecule has 0 heterocycles. The summed E-state index contributed by atoms with van der Waals surface area (Å²) in [5, 5.41) is 21.5. The summed E-state index contributed by atoms with van der Waals surface area (Å²) >= 11 is 0. The number of fused-ring (bicyclic) bond motifs is 5. The third-order valence-electron chi connectivity index (χ3n) is 10.3. The Kier molecular flexibility index (Phi) is 5.36. The molecule has 0 aliphatic heterocycles. The van der Waals surface area contributed by atoms with E-state index in [9.17, 15) is 15.0 Å². The topological polar surface area (TPSA) is 83.6 Å². The van der Waals surface area contributed by atoms with Crippen LogP contribution in [0.3, 0.4) is 0 Å². The van der Waals surface area contributed by atoms with Crippen LogP contribution >= 0.6 is 0 Å². The van der Waals surface area contributed by atoms with Gasteiger partial charge in [-0.25, -0.2) is 0 Å². The van der Waals surface area contributed by atoms with Gasteiger partial charge in [0.1, 0.15) is 0 Å². The standard InChI is InChI=1S/C24H41NO3/c1-14(4-7-21(25)28)17-5-6-18-22-19(9-11-24(17,18)3)23(2)10-8-16(26)12-15(23)13-20(22)27/h14-20,22,26-27H,4-13H2,1-3H3,(H2,25,28)/t14-,15+,16-,17-,18+,19+,20+,22+,23+,24-/m1/s1. The number of carbonyl (C=O) groups is 1. The molecule has 0 bridgehead atoms. The fourth-order valence-electron chi connectivity index (χ4n) is 8.75. The summed E-state index contributed by atoms with van der Waals surface area (Å²) in [6.45, 7) is 7.26. The van der Waals surface area contributed by atoms with E-state index in [-0.39, 0.29) is 23.5 Å². The monoisotopic (exact) mass is 391 g/mol. The molecular formula is C24H41NO3. The lowest BCUT2D eigenvalue weighted by Crippen LogP contribution is -2.58. The maximum Gasteiger partial charge on any atom is 0.217 e. The Balaban J connectivity index is 1.55. The van der Waals surface area contributed by atoms with E-state index in [0.29, 0.717) is 47.3 Å². The molecule has 4 N–H and O–H groups in total. The molecule has 4 saturated carbocycles. The number of hydrogen-bond acceptors (Lipinski definition) is 3. The van der Waals surface area contributed by atoms with Crippen LogP contribution in [0.15, 0.2) is 0 Å². The zero-order valence-corrected chi connectivity index (χ0v) is 18.1. The van der Waals surface area contributed by atoms with Gasteiger partial charge in [-0.15, -0.1) is 0 Å². The van der Waals surface area contributed by atoms with E-state index in [2.05, 4.69) is 20.8 Å². The number of primary amides is 1. The Morgan fingerprint density at radius 2 is 1.71 bits per heavy atom. The minimum absolute atomic E-state index is 0.169. The molecule has 28 heavy (non-hydrogen) atoms. The van der Waals surface area contributed by atoms with Crippen molar-refractivity contribution in [3.8, 4) is 0 Å². The van der Waals surface area contributed by atoms with Gasteiger partial charge in [0.2, 0.25) is 5.91 Å². The summed E-state index contributed by atoms with van der Waals surface area (Å²) in [6, 6.07) is 0. The normalized spacial score (nSPS) is 51.7. The van der Waals surface area contributed by atoms with Crippen LogP contribution in [0.2, 0.25) is 0 Å². The third-order valence-corrected chi connectivity index (χ3v) is 10.3. The molecular weight excluding hydrogens is 350 g/mol. The van der Waals surface area contributed by atoms with E-state index in [1.54, 1.807) is 0 Å². The van der Waals surface area contributed by atoms with Gasteiger partial charge in [0.05, 0.1) is 12.2 Å². The fourth-order valence-corrected chi connectivity index (χ4v) is 8.75. The van der Waals surface area contributed by atoms with Crippen molar-refractivity contribution >= 4 is 5.91 Å². The molecule has 0 aromatic carbocycles. The highest BCUT2D eigenvalue weighted by molar-refractivity contribution is 5.73. The van der Waals surface area contributed by atoms with E-state index in [4.69, 9.17) is 5.73 Å². The van der Waals surface area contributed by atoms with Crippen molar-refractivity contribution in [3.05, 3.63) is 0 Å². The number of aliphatic hydroxyl groups is 2. The average Bonchev–Trinajstić information content (AvgIpc) is 2.98. The van der Waals surface area contributed by atoms with Crippen molar-refractivity contribution in [3.63, 3.8) is 0 Å². The number of rotatable bonds is 4. The van der Waals surface area contributed by atoms with Crippen molar-refractivity contribution in [1.29, 1.82) is 0 Å². The molecule has 4 nitrogen and oxygen atoms in total. The first kappa shape index (κ1) is 20.7. The maximum absolute atomic E-state index is 11.3. The lowest BCUT2D eigenvalue weighted by atomic mass is 9.43. The molecule has 4 aliphatic carbocycles. The van der Waals surface area contributed by atoms with Crippen LogP contribution in [-0.2, 0) is 4.79 Å². The number of carbonyl (C=O) groups excluding carboxylic acids is 1. The van der Waals surface area contributed by atoms with E-state index < -0.39 is 0 Å². The van der Waals surface area contributed by atoms with Crippen LogP contribution < -0.4 is 5.73 Å². The lowest BCUT2D eigenvalue weighted by Gasteiger charge is -2.62. The number of nitrogens with two attached hydrogens (primary N) is 1.